The second-order valence-electron chi connectivity index (χ2n) is 5.76. The van der Waals surface area contributed by atoms with Crippen molar-refractivity contribution in [2.45, 2.75) is 13.0 Å². The molecular formula is C21H23N3O3. The summed E-state index contributed by atoms with van der Waals surface area (Å²) in [5.74, 6) is 1.15. The molecule has 140 valence electrons. The lowest BCUT2D eigenvalue weighted by Crippen LogP contribution is -2.27. The molecule has 0 saturated carbocycles. The van der Waals surface area contributed by atoms with E-state index in [-0.39, 0.29) is 5.57 Å². The fraction of sp³-hybridized carbons (Fsp3) is 0.238. The van der Waals surface area contributed by atoms with Crippen LogP contribution < -0.4 is 20.1 Å². The number of nitrogens with one attached hydrogen (secondary N) is 2. The standard InChI is InChI=1S/C21H23N3O3/c1-26-19-8-6-16(7-9-19)10-11-24-21(25)18(13-22)15-23-14-17-4-3-5-20(12-17)27-2/h3-9,12,15,23H,10-11,14H2,1-2H3,(H,24,25)/b18-15-. The molecule has 0 aliphatic carbocycles. The van der Waals surface area contributed by atoms with Gasteiger partial charge in [0.25, 0.3) is 5.91 Å². The van der Waals surface area contributed by atoms with Crippen molar-refractivity contribution >= 4 is 5.91 Å². The van der Waals surface area contributed by atoms with Gasteiger partial charge in [0, 0.05) is 19.3 Å². The van der Waals surface area contributed by atoms with Crippen molar-refractivity contribution in [2.24, 2.45) is 0 Å². The third-order valence-electron chi connectivity index (χ3n) is 3.91. The smallest absolute Gasteiger partial charge is 0.263 e. The number of methoxy groups -OCH3 is 2. The van der Waals surface area contributed by atoms with E-state index in [2.05, 4.69) is 10.6 Å². The number of hydrogen-bond acceptors (Lipinski definition) is 5. The van der Waals surface area contributed by atoms with E-state index in [1.807, 2.05) is 54.6 Å². The zero-order valence-corrected chi connectivity index (χ0v) is 15.5. The van der Waals surface area contributed by atoms with Crippen LogP contribution in [0, 0.1) is 11.3 Å². The van der Waals surface area contributed by atoms with Gasteiger partial charge in [-0.25, -0.2) is 0 Å². The van der Waals surface area contributed by atoms with Gasteiger partial charge in [0.1, 0.15) is 23.1 Å². The Morgan fingerprint density at radius 3 is 2.48 bits per heavy atom. The van der Waals surface area contributed by atoms with Gasteiger partial charge in [-0.2, -0.15) is 5.26 Å². The number of benzene rings is 2. The Bertz CT molecular complexity index is 823. The number of ether oxygens (including phenoxy) is 2. The van der Waals surface area contributed by atoms with E-state index in [0.29, 0.717) is 19.5 Å². The molecule has 2 aromatic rings. The van der Waals surface area contributed by atoms with Crippen LogP contribution in [0.4, 0.5) is 0 Å². The van der Waals surface area contributed by atoms with Gasteiger partial charge in [-0.1, -0.05) is 24.3 Å². The molecule has 2 aromatic carbocycles. The van der Waals surface area contributed by atoms with Crippen molar-refractivity contribution in [1.82, 2.24) is 10.6 Å². The third-order valence-corrected chi connectivity index (χ3v) is 3.91. The molecule has 0 radical (unpaired) electrons. The molecule has 0 heterocycles. The van der Waals surface area contributed by atoms with Crippen LogP contribution in [-0.2, 0) is 17.8 Å². The summed E-state index contributed by atoms with van der Waals surface area (Å²) in [6, 6.07) is 17.1. The SMILES string of the molecule is COc1ccc(CCNC(=O)/C(C#N)=C\NCc2cccc(OC)c2)cc1. The summed E-state index contributed by atoms with van der Waals surface area (Å²) in [7, 11) is 3.23. The molecule has 0 aliphatic heterocycles. The van der Waals surface area contributed by atoms with Crippen LogP contribution in [0.3, 0.4) is 0 Å². The number of nitriles is 1. The van der Waals surface area contributed by atoms with Crippen LogP contribution >= 0.6 is 0 Å². The van der Waals surface area contributed by atoms with Gasteiger partial charge < -0.3 is 20.1 Å². The maximum Gasteiger partial charge on any atom is 0.263 e. The fourth-order valence-electron chi connectivity index (χ4n) is 2.41. The van der Waals surface area contributed by atoms with Crippen LogP contribution in [-0.4, -0.2) is 26.7 Å². The minimum absolute atomic E-state index is 0.0348. The van der Waals surface area contributed by atoms with Gasteiger partial charge in [-0.15, -0.1) is 0 Å². The number of rotatable bonds is 9. The molecule has 2 N–H and O–H groups in total. The highest BCUT2D eigenvalue weighted by atomic mass is 16.5. The number of amides is 1. The van der Waals surface area contributed by atoms with Crippen LogP contribution in [0.15, 0.2) is 60.3 Å². The molecule has 1 amide bonds. The summed E-state index contributed by atoms with van der Waals surface area (Å²) in [5.41, 5.74) is 2.10. The Labute approximate surface area is 159 Å². The molecule has 2 rings (SSSR count). The Hall–Kier alpha value is -3.46. The van der Waals surface area contributed by atoms with Crippen molar-refractivity contribution in [3.63, 3.8) is 0 Å². The number of carbonyl (C=O) groups is 1. The minimum Gasteiger partial charge on any atom is -0.497 e. The highest BCUT2D eigenvalue weighted by Gasteiger charge is 2.08. The number of nitrogens with zero attached hydrogens (tertiary/aromatic N) is 1. The molecule has 0 saturated heterocycles. The maximum absolute atomic E-state index is 12.1. The van der Waals surface area contributed by atoms with Crippen LogP contribution in [0.1, 0.15) is 11.1 Å². The van der Waals surface area contributed by atoms with Crippen LogP contribution in [0.5, 0.6) is 11.5 Å². The molecule has 0 aromatic heterocycles. The molecule has 0 aliphatic rings. The lowest BCUT2D eigenvalue weighted by atomic mass is 10.1. The van der Waals surface area contributed by atoms with Crippen molar-refractivity contribution in [1.29, 1.82) is 5.26 Å². The first-order valence-corrected chi connectivity index (χ1v) is 8.54. The van der Waals surface area contributed by atoms with Gasteiger partial charge in [0.2, 0.25) is 0 Å². The Balaban J connectivity index is 1.81. The first kappa shape index (κ1) is 19.9. The fourth-order valence-corrected chi connectivity index (χ4v) is 2.41. The average Bonchev–Trinajstić information content (AvgIpc) is 2.71. The van der Waals surface area contributed by atoms with E-state index < -0.39 is 5.91 Å². The average molecular weight is 365 g/mol. The molecule has 0 atom stereocenters. The van der Waals surface area contributed by atoms with Crippen molar-refractivity contribution in [3.05, 3.63) is 71.4 Å². The predicted octanol–water partition coefficient (Wildman–Crippen LogP) is 2.56. The number of hydrogen-bond donors (Lipinski definition) is 2. The van der Waals surface area contributed by atoms with Crippen molar-refractivity contribution < 1.29 is 14.3 Å². The van der Waals surface area contributed by atoms with E-state index in [1.165, 1.54) is 6.20 Å². The van der Waals surface area contributed by atoms with Gasteiger partial charge in [-0.3, -0.25) is 4.79 Å². The molecule has 6 nitrogen and oxygen atoms in total. The van der Waals surface area contributed by atoms with Gasteiger partial charge in [-0.05, 0) is 41.8 Å². The number of carbonyl (C=O) groups excluding carboxylic acids is 1. The molecule has 0 unspecified atom stereocenters. The monoisotopic (exact) mass is 365 g/mol. The van der Waals surface area contributed by atoms with Crippen molar-refractivity contribution in [3.8, 4) is 17.6 Å². The van der Waals surface area contributed by atoms with E-state index in [1.54, 1.807) is 14.2 Å². The molecule has 0 spiro atoms. The van der Waals surface area contributed by atoms with Crippen molar-refractivity contribution in [2.75, 3.05) is 20.8 Å². The Morgan fingerprint density at radius 2 is 1.81 bits per heavy atom. The van der Waals surface area contributed by atoms with E-state index >= 15 is 0 Å². The van der Waals surface area contributed by atoms with Gasteiger partial charge in [0.15, 0.2) is 0 Å². The van der Waals surface area contributed by atoms with Gasteiger partial charge >= 0.3 is 0 Å². The second-order valence-corrected chi connectivity index (χ2v) is 5.76. The first-order valence-electron chi connectivity index (χ1n) is 8.54. The second kappa shape index (κ2) is 10.5. The lowest BCUT2D eigenvalue weighted by Gasteiger charge is -2.07. The topological polar surface area (TPSA) is 83.4 Å². The van der Waals surface area contributed by atoms with Crippen LogP contribution in [0.25, 0.3) is 0 Å². The van der Waals surface area contributed by atoms with E-state index in [0.717, 1.165) is 22.6 Å². The van der Waals surface area contributed by atoms with Crippen LogP contribution in [0.2, 0.25) is 0 Å². The molecular weight excluding hydrogens is 342 g/mol. The maximum atomic E-state index is 12.1. The highest BCUT2D eigenvalue weighted by Crippen LogP contribution is 2.12. The first-order chi connectivity index (χ1) is 13.2. The zero-order valence-electron chi connectivity index (χ0n) is 15.5. The van der Waals surface area contributed by atoms with Gasteiger partial charge in [0.05, 0.1) is 14.2 Å². The lowest BCUT2D eigenvalue weighted by molar-refractivity contribution is -0.117. The zero-order chi connectivity index (χ0) is 19.5. The summed E-state index contributed by atoms with van der Waals surface area (Å²) in [4.78, 5) is 12.1. The Morgan fingerprint density at radius 1 is 1.07 bits per heavy atom. The molecule has 6 heteroatoms. The quantitative estimate of drug-likeness (QED) is 0.527. The summed E-state index contributed by atoms with van der Waals surface area (Å²) >= 11 is 0. The highest BCUT2D eigenvalue weighted by molar-refractivity contribution is 5.97. The molecule has 0 bridgehead atoms. The molecule has 27 heavy (non-hydrogen) atoms. The summed E-state index contributed by atoms with van der Waals surface area (Å²) in [5, 5.41) is 14.9. The minimum atomic E-state index is -0.399. The van der Waals surface area contributed by atoms with E-state index in [9.17, 15) is 10.1 Å². The normalized spacial score (nSPS) is 10.6. The summed E-state index contributed by atoms with van der Waals surface area (Å²) in [6.07, 6.45) is 2.11. The predicted molar refractivity (Wildman–Crippen MR) is 103 cm³/mol. The Kier molecular flexibility index (Phi) is 7.73. The summed E-state index contributed by atoms with van der Waals surface area (Å²) in [6.45, 7) is 0.932. The third kappa shape index (κ3) is 6.40. The van der Waals surface area contributed by atoms with E-state index in [4.69, 9.17) is 9.47 Å². The molecule has 0 fully saturated rings. The largest absolute Gasteiger partial charge is 0.497 e. The summed E-state index contributed by atoms with van der Waals surface area (Å²) < 4.78 is 10.3.